The van der Waals surface area contributed by atoms with Crippen molar-refractivity contribution in [2.45, 2.75) is 26.7 Å². The number of likely N-dealkylation sites (tertiary alicyclic amines) is 1. The Bertz CT molecular complexity index is 427. The van der Waals surface area contributed by atoms with Gasteiger partial charge in [0.25, 0.3) is 0 Å². The third-order valence-corrected chi connectivity index (χ3v) is 4.05. The number of nitrogens with one attached hydrogen (secondary N) is 2. The fraction of sp³-hybridized carbons (Fsp3) is 0.625. The van der Waals surface area contributed by atoms with Crippen molar-refractivity contribution in [2.24, 2.45) is 11.8 Å². The van der Waals surface area contributed by atoms with Crippen LogP contribution < -0.4 is 10.6 Å². The van der Waals surface area contributed by atoms with Gasteiger partial charge < -0.3 is 15.5 Å². The van der Waals surface area contributed by atoms with E-state index in [-0.39, 0.29) is 0 Å². The second kappa shape index (κ2) is 8.29. The Morgan fingerprint density at radius 3 is 2.81 bits per heavy atom. The van der Waals surface area contributed by atoms with Gasteiger partial charge in [-0.05, 0) is 55.6 Å². The molecular formula is C16H26N4S. The lowest BCUT2D eigenvalue weighted by atomic mass is 9.92. The van der Waals surface area contributed by atoms with Crippen LogP contribution in [0.3, 0.4) is 0 Å². The van der Waals surface area contributed by atoms with Gasteiger partial charge in [-0.2, -0.15) is 0 Å². The highest BCUT2D eigenvalue weighted by Crippen LogP contribution is 2.20. The standard InChI is InChI=1S/C16H26N4S/c1-13-9-14(2)12-20(11-13)8-4-7-18-16(21)19-15-5-3-6-17-10-15/h3,5-6,10,13-14H,4,7-9,11-12H2,1-2H3,(H2,18,19,21). The minimum Gasteiger partial charge on any atom is -0.362 e. The summed E-state index contributed by atoms with van der Waals surface area (Å²) in [6.07, 6.45) is 6.01. The van der Waals surface area contributed by atoms with E-state index < -0.39 is 0 Å². The average molecular weight is 306 g/mol. The van der Waals surface area contributed by atoms with Crippen molar-refractivity contribution in [3.05, 3.63) is 24.5 Å². The molecule has 1 aliphatic rings. The molecule has 1 fully saturated rings. The number of pyridine rings is 1. The highest BCUT2D eigenvalue weighted by molar-refractivity contribution is 7.80. The van der Waals surface area contributed by atoms with E-state index in [1.807, 2.05) is 12.1 Å². The predicted molar refractivity (Wildman–Crippen MR) is 92.5 cm³/mol. The van der Waals surface area contributed by atoms with Gasteiger partial charge in [-0.3, -0.25) is 4.98 Å². The van der Waals surface area contributed by atoms with Gasteiger partial charge in [-0.15, -0.1) is 0 Å². The van der Waals surface area contributed by atoms with Gasteiger partial charge in [0.05, 0.1) is 11.9 Å². The monoisotopic (exact) mass is 306 g/mol. The number of anilines is 1. The van der Waals surface area contributed by atoms with Crippen LogP contribution in [0.2, 0.25) is 0 Å². The first-order valence-corrected chi connectivity index (χ1v) is 8.21. The summed E-state index contributed by atoms with van der Waals surface area (Å²) in [5.74, 6) is 1.66. The number of nitrogens with zero attached hydrogens (tertiary/aromatic N) is 2. The van der Waals surface area contributed by atoms with E-state index in [1.54, 1.807) is 12.4 Å². The Hall–Kier alpha value is -1.20. The van der Waals surface area contributed by atoms with Crippen LogP contribution >= 0.6 is 12.2 Å². The average Bonchev–Trinajstić information content (AvgIpc) is 2.44. The third-order valence-electron chi connectivity index (χ3n) is 3.80. The van der Waals surface area contributed by atoms with E-state index >= 15 is 0 Å². The third kappa shape index (κ3) is 5.98. The highest BCUT2D eigenvalue weighted by atomic mass is 32.1. The smallest absolute Gasteiger partial charge is 0.170 e. The largest absolute Gasteiger partial charge is 0.362 e. The quantitative estimate of drug-likeness (QED) is 0.646. The number of thiocarbonyl (C=S) groups is 1. The molecule has 116 valence electrons. The number of rotatable bonds is 5. The lowest BCUT2D eigenvalue weighted by Crippen LogP contribution is -2.40. The van der Waals surface area contributed by atoms with Crippen molar-refractivity contribution < 1.29 is 0 Å². The van der Waals surface area contributed by atoms with E-state index in [4.69, 9.17) is 12.2 Å². The molecule has 0 amide bonds. The Labute approximate surface area is 133 Å². The molecule has 0 saturated carbocycles. The summed E-state index contributed by atoms with van der Waals surface area (Å²) in [7, 11) is 0. The molecule has 1 saturated heterocycles. The molecule has 2 N–H and O–H groups in total. The van der Waals surface area contributed by atoms with Crippen LogP contribution in [-0.4, -0.2) is 41.2 Å². The first-order valence-electron chi connectivity index (χ1n) is 7.80. The molecule has 1 aliphatic heterocycles. The van der Waals surface area contributed by atoms with Crippen molar-refractivity contribution >= 4 is 23.0 Å². The Morgan fingerprint density at radius 2 is 2.14 bits per heavy atom. The molecule has 1 aromatic rings. The van der Waals surface area contributed by atoms with Crippen LogP contribution in [0.4, 0.5) is 5.69 Å². The van der Waals surface area contributed by atoms with E-state index in [2.05, 4.69) is 34.4 Å². The normalized spacial score (nSPS) is 22.8. The van der Waals surface area contributed by atoms with Crippen molar-refractivity contribution in [1.29, 1.82) is 0 Å². The van der Waals surface area contributed by atoms with Gasteiger partial charge in [0, 0.05) is 25.8 Å². The summed E-state index contributed by atoms with van der Waals surface area (Å²) in [5, 5.41) is 7.07. The molecule has 0 radical (unpaired) electrons. The molecule has 0 aliphatic carbocycles. The van der Waals surface area contributed by atoms with Gasteiger partial charge in [-0.1, -0.05) is 13.8 Å². The zero-order valence-electron chi connectivity index (χ0n) is 13.0. The maximum absolute atomic E-state index is 5.28. The lowest BCUT2D eigenvalue weighted by Gasteiger charge is -2.34. The van der Waals surface area contributed by atoms with Gasteiger partial charge in [0.1, 0.15) is 0 Å². The van der Waals surface area contributed by atoms with E-state index in [0.29, 0.717) is 5.11 Å². The highest BCUT2D eigenvalue weighted by Gasteiger charge is 2.20. The molecule has 0 bridgehead atoms. The van der Waals surface area contributed by atoms with E-state index in [1.165, 1.54) is 19.5 Å². The van der Waals surface area contributed by atoms with Crippen molar-refractivity contribution in [1.82, 2.24) is 15.2 Å². The first-order chi connectivity index (χ1) is 10.1. The van der Waals surface area contributed by atoms with Crippen LogP contribution in [0.5, 0.6) is 0 Å². The van der Waals surface area contributed by atoms with Gasteiger partial charge >= 0.3 is 0 Å². The maximum Gasteiger partial charge on any atom is 0.170 e. The van der Waals surface area contributed by atoms with Crippen LogP contribution in [0.15, 0.2) is 24.5 Å². The van der Waals surface area contributed by atoms with Gasteiger partial charge in [0.2, 0.25) is 0 Å². The Balaban J connectivity index is 1.60. The summed E-state index contributed by atoms with van der Waals surface area (Å²) in [6, 6.07) is 3.85. The van der Waals surface area contributed by atoms with Crippen LogP contribution in [-0.2, 0) is 0 Å². The van der Waals surface area contributed by atoms with E-state index in [9.17, 15) is 0 Å². The minimum atomic E-state index is 0.670. The zero-order chi connectivity index (χ0) is 15.1. The van der Waals surface area contributed by atoms with E-state index in [0.717, 1.165) is 37.0 Å². The predicted octanol–water partition coefficient (Wildman–Crippen LogP) is 2.74. The summed E-state index contributed by atoms with van der Waals surface area (Å²) < 4.78 is 0. The molecular weight excluding hydrogens is 280 g/mol. The molecule has 2 rings (SSSR count). The maximum atomic E-state index is 5.28. The molecule has 2 heterocycles. The lowest BCUT2D eigenvalue weighted by molar-refractivity contribution is 0.140. The molecule has 2 atom stereocenters. The Morgan fingerprint density at radius 1 is 1.38 bits per heavy atom. The fourth-order valence-corrected chi connectivity index (χ4v) is 3.31. The van der Waals surface area contributed by atoms with Crippen LogP contribution in [0, 0.1) is 11.8 Å². The SMILES string of the molecule is CC1CC(C)CN(CCCNC(=S)Nc2cccnc2)C1. The van der Waals surface area contributed by atoms with Crippen LogP contribution in [0.25, 0.3) is 0 Å². The number of hydrogen-bond acceptors (Lipinski definition) is 3. The minimum absolute atomic E-state index is 0.670. The summed E-state index contributed by atoms with van der Waals surface area (Å²) >= 11 is 5.28. The molecule has 0 aromatic carbocycles. The number of hydrogen-bond donors (Lipinski definition) is 2. The molecule has 2 unspecified atom stereocenters. The summed E-state index contributed by atoms with van der Waals surface area (Å²) in [5.41, 5.74) is 0.925. The Kier molecular flexibility index (Phi) is 6.39. The second-order valence-corrected chi connectivity index (χ2v) is 6.59. The summed E-state index contributed by atoms with van der Waals surface area (Å²) in [6.45, 7) is 9.25. The zero-order valence-corrected chi connectivity index (χ0v) is 13.8. The fourth-order valence-electron chi connectivity index (χ4n) is 3.09. The molecule has 5 heteroatoms. The van der Waals surface area contributed by atoms with Crippen LogP contribution in [0.1, 0.15) is 26.7 Å². The van der Waals surface area contributed by atoms with Gasteiger partial charge in [-0.25, -0.2) is 0 Å². The summed E-state index contributed by atoms with van der Waals surface area (Å²) in [4.78, 5) is 6.63. The molecule has 21 heavy (non-hydrogen) atoms. The second-order valence-electron chi connectivity index (χ2n) is 6.18. The first kappa shape index (κ1) is 16.2. The van der Waals surface area contributed by atoms with Crippen molar-refractivity contribution in [2.75, 3.05) is 31.5 Å². The topological polar surface area (TPSA) is 40.2 Å². The number of piperidine rings is 1. The van der Waals surface area contributed by atoms with Gasteiger partial charge in [0.15, 0.2) is 5.11 Å². The van der Waals surface area contributed by atoms with Crippen molar-refractivity contribution in [3.63, 3.8) is 0 Å². The van der Waals surface area contributed by atoms with Crippen molar-refractivity contribution in [3.8, 4) is 0 Å². The molecule has 4 nitrogen and oxygen atoms in total. The molecule has 0 spiro atoms. The molecule has 1 aromatic heterocycles. The number of aromatic nitrogens is 1.